The Morgan fingerprint density at radius 1 is 1.43 bits per heavy atom. The topological polar surface area (TPSA) is 35.2 Å². The summed E-state index contributed by atoms with van der Waals surface area (Å²) in [7, 11) is 0. The van der Waals surface area contributed by atoms with Crippen LogP contribution in [0, 0.1) is 5.82 Å². The summed E-state index contributed by atoms with van der Waals surface area (Å²) in [5.41, 5.74) is 5.72. The molecule has 0 amide bonds. The molecule has 1 rings (SSSR count). The minimum atomic E-state index is -0.446. The van der Waals surface area contributed by atoms with E-state index in [4.69, 9.17) is 10.5 Å². The molecular weight excluding hydrogens is 256 g/mol. The van der Waals surface area contributed by atoms with Crippen LogP contribution < -0.4 is 10.5 Å². The molecule has 0 aliphatic rings. The molecule has 0 radical (unpaired) electrons. The zero-order valence-corrected chi connectivity index (χ0v) is 8.98. The summed E-state index contributed by atoms with van der Waals surface area (Å²) in [6.07, 6.45) is 0.295. The number of hydrogen-bond acceptors (Lipinski definition) is 2. The van der Waals surface area contributed by atoms with Crippen LogP contribution >= 0.6 is 15.9 Å². The fourth-order valence-electron chi connectivity index (χ4n) is 0.961. The van der Waals surface area contributed by atoms with Gasteiger partial charge < -0.3 is 10.5 Å². The highest BCUT2D eigenvalue weighted by Crippen LogP contribution is 2.32. The normalized spacial score (nSPS) is 10.2. The van der Waals surface area contributed by atoms with Gasteiger partial charge in [-0.1, -0.05) is 0 Å². The molecule has 5 heteroatoms. The highest BCUT2D eigenvalue weighted by molar-refractivity contribution is 9.10. The lowest BCUT2D eigenvalue weighted by atomic mass is 10.3. The van der Waals surface area contributed by atoms with Crippen molar-refractivity contribution in [3.8, 4) is 5.75 Å². The maximum atomic E-state index is 12.8. The number of halogens is 3. The first-order valence-electron chi connectivity index (χ1n) is 4.08. The van der Waals surface area contributed by atoms with Crippen molar-refractivity contribution in [1.29, 1.82) is 0 Å². The SMILES string of the molecule is Nc1cc(F)cc(Br)c1OCCCF. The molecule has 0 aliphatic carbocycles. The van der Waals surface area contributed by atoms with Crippen LogP contribution in [0.5, 0.6) is 5.75 Å². The molecule has 0 atom stereocenters. The molecule has 2 nitrogen and oxygen atoms in total. The van der Waals surface area contributed by atoms with E-state index in [0.29, 0.717) is 16.6 Å². The van der Waals surface area contributed by atoms with Gasteiger partial charge >= 0.3 is 0 Å². The van der Waals surface area contributed by atoms with E-state index in [1.54, 1.807) is 0 Å². The standard InChI is InChI=1S/C9H10BrF2NO/c10-7-4-6(12)5-8(13)9(7)14-3-1-2-11/h4-5H,1-3,13H2. The first-order chi connectivity index (χ1) is 6.65. The van der Waals surface area contributed by atoms with Crippen LogP contribution in [0.15, 0.2) is 16.6 Å². The van der Waals surface area contributed by atoms with Crippen LogP contribution in [0.4, 0.5) is 14.5 Å². The van der Waals surface area contributed by atoms with Gasteiger partial charge in [-0.2, -0.15) is 0 Å². The van der Waals surface area contributed by atoms with Crippen molar-refractivity contribution >= 4 is 21.6 Å². The Morgan fingerprint density at radius 2 is 2.14 bits per heavy atom. The maximum Gasteiger partial charge on any atom is 0.156 e. The lowest BCUT2D eigenvalue weighted by Crippen LogP contribution is -2.02. The van der Waals surface area contributed by atoms with Gasteiger partial charge in [-0.15, -0.1) is 0 Å². The van der Waals surface area contributed by atoms with Crippen LogP contribution in [-0.2, 0) is 0 Å². The van der Waals surface area contributed by atoms with Crippen molar-refractivity contribution in [2.45, 2.75) is 6.42 Å². The molecule has 0 bridgehead atoms. The molecule has 78 valence electrons. The summed E-state index contributed by atoms with van der Waals surface area (Å²) in [6.45, 7) is -0.219. The summed E-state index contributed by atoms with van der Waals surface area (Å²) in [5.74, 6) is -0.0768. The van der Waals surface area contributed by atoms with Crippen molar-refractivity contribution in [2.75, 3.05) is 19.0 Å². The molecule has 14 heavy (non-hydrogen) atoms. The molecule has 0 saturated heterocycles. The lowest BCUT2D eigenvalue weighted by molar-refractivity contribution is 0.289. The number of nitrogen functional groups attached to an aromatic ring is 1. The number of anilines is 1. The van der Waals surface area contributed by atoms with E-state index in [1.807, 2.05) is 0 Å². The lowest BCUT2D eigenvalue weighted by Gasteiger charge is -2.09. The third-order valence-electron chi connectivity index (χ3n) is 1.56. The van der Waals surface area contributed by atoms with Crippen molar-refractivity contribution in [3.63, 3.8) is 0 Å². The van der Waals surface area contributed by atoms with Crippen LogP contribution in [0.1, 0.15) is 6.42 Å². The fraction of sp³-hybridized carbons (Fsp3) is 0.333. The quantitative estimate of drug-likeness (QED) is 0.671. The van der Waals surface area contributed by atoms with E-state index in [1.165, 1.54) is 6.07 Å². The van der Waals surface area contributed by atoms with E-state index in [9.17, 15) is 8.78 Å². The van der Waals surface area contributed by atoms with Gasteiger partial charge in [0.2, 0.25) is 0 Å². The Morgan fingerprint density at radius 3 is 2.71 bits per heavy atom. The van der Waals surface area contributed by atoms with Gasteiger partial charge in [0.15, 0.2) is 5.75 Å². The summed E-state index contributed by atoms with van der Waals surface area (Å²) in [6, 6.07) is 2.41. The van der Waals surface area contributed by atoms with E-state index < -0.39 is 12.5 Å². The van der Waals surface area contributed by atoms with Crippen molar-refractivity contribution in [2.24, 2.45) is 0 Å². The third kappa shape index (κ3) is 2.83. The van der Waals surface area contributed by atoms with Crippen LogP contribution in [-0.4, -0.2) is 13.3 Å². The Bertz CT molecular complexity index is 297. The van der Waals surface area contributed by atoms with E-state index >= 15 is 0 Å². The molecule has 0 unspecified atom stereocenters. The van der Waals surface area contributed by atoms with Gasteiger partial charge in [-0.3, -0.25) is 4.39 Å². The molecule has 0 aliphatic heterocycles. The highest BCUT2D eigenvalue weighted by atomic mass is 79.9. The molecule has 1 aromatic rings. The predicted octanol–water partition coefficient (Wildman–Crippen LogP) is 2.91. The van der Waals surface area contributed by atoms with Crippen molar-refractivity contribution in [1.82, 2.24) is 0 Å². The number of alkyl halides is 1. The predicted molar refractivity (Wildman–Crippen MR) is 54.6 cm³/mol. The Kier molecular flexibility index (Phi) is 4.13. The monoisotopic (exact) mass is 265 g/mol. The summed E-state index contributed by atoms with van der Waals surface area (Å²) >= 11 is 3.11. The van der Waals surface area contributed by atoms with Crippen molar-refractivity contribution < 1.29 is 13.5 Å². The number of benzene rings is 1. The van der Waals surface area contributed by atoms with Crippen LogP contribution in [0.25, 0.3) is 0 Å². The number of ether oxygens (including phenoxy) is 1. The van der Waals surface area contributed by atoms with Crippen LogP contribution in [0.3, 0.4) is 0 Å². The average molecular weight is 266 g/mol. The Hall–Kier alpha value is -0.840. The first-order valence-corrected chi connectivity index (χ1v) is 4.87. The van der Waals surface area contributed by atoms with E-state index in [0.717, 1.165) is 6.07 Å². The number of hydrogen-bond donors (Lipinski definition) is 1. The Labute approximate surface area is 89.2 Å². The largest absolute Gasteiger partial charge is 0.490 e. The minimum Gasteiger partial charge on any atom is -0.490 e. The fourth-order valence-corrected chi connectivity index (χ4v) is 1.52. The zero-order chi connectivity index (χ0) is 10.6. The molecule has 2 N–H and O–H groups in total. The molecule has 0 fully saturated rings. The molecule has 1 aromatic carbocycles. The second-order valence-electron chi connectivity index (χ2n) is 2.70. The highest BCUT2D eigenvalue weighted by Gasteiger charge is 2.07. The summed E-state index contributed by atoms with van der Waals surface area (Å²) < 4.78 is 30.2. The molecule has 0 aromatic heterocycles. The minimum absolute atomic E-state index is 0.204. The number of nitrogens with two attached hydrogens (primary N) is 1. The molecular formula is C9H10BrF2NO. The molecule has 0 saturated carbocycles. The van der Waals surface area contributed by atoms with Crippen molar-refractivity contribution in [3.05, 3.63) is 22.4 Å². The molecule has 0 heterocycles. The van der Waals surface area contributed by atoms with Gasteiger partial charge in [-0.25, -0.2) is 4.39 Å². The third-order valence-corrected chi connectivity index (χ3v) is 2.15. The molecule has 0 spiro atoms. The van der Waals surface area contributed by atoms with Gasteiger partial charge in [-0.05, 0) is 22.0 Å². The van der Waals surface area contributed by atoms with Gasteiger partial charge in [0.1, 0.15) is 5.82 Å². The van der Waals surface area contributed by atoms with E-state index in [2.05, 4.69) is 15.9 Å². The van der Waals surface area contributed by atoms with Crippen LogP contribution in [0.2, 0.25) is 0 Å². The van der Waals surface area contributed by atoms with Gasteiger partial charge in [0.25, 0.3) is 0 Å². The van der Waals surface area contributed by atoms with Gasteiger partial charge in [0.05, 0.1) is 23.4 Å². The van der Waals surface area contributed by atoms with E-state index in [-0.39, 0.29) is 12.3 Å². The smallest absolute Gasteiger partial charge is 0.156 e. The summed E-state index contributed by atoms with van der Waals surface area (Å²) in [4.78, 5) is 0. The maximum absolute atomic E-state index is 12.8. The number of rotatable bonds is 4. The second kappa shape index (κ2) is 5.14. The summed E-state index contributed by atoms with van der Waals surface area (Å²) in [5, 5.41) is 0. The Balaban J connectivity index is 2.75. The first kappa shape index (κ1) is 11.2. The zero-order valence-electron chi connectivity index (χ0n) is 7.40. The second-order valence-corrected chi connectivity index (χ2v) is 3.55. The van der Waals surface area contributed by atoms with Gasteiger partial charge in [0, 0.05) is 12.5 Å². The average Bonchev–Trinajstić information content (AvgIpc) is 2.09.